The molecular formula is C24H22N2O. The molecular weight excluding hydrogens is 332 g/mol. The van der Waals surface area contributed by atoms with Crippen LogP contribution in [0.1, 0.15) is 29.2 Å². The lowest BCUT2D eigenvalue weighted by Gasteiger charge is -2.30. The van der Waals surface area contributed by atoms with Crippen LogP contribution in [-0.2, 0) is 6.42 Å². The fraction of sp³-hybridized carbons (Fsp3) is 0.208. The Morgan fingerprint density at radius 3 is 2.41 bits per heavy atom. The molecule has 5 rings (SSSR count). The zero-order valence-corrected chi connectivity index (χ0v) is 15.4. The topological polar surface area (TPSA) is 24.8 Å². The molecule has 1 aliphatic heterocycles. The first-order valence-electron chi connectivity index (χ1n) is 9.50. The summed E-state index contributed by atoms with van der Waals surface area (Å²) in [4.78, 5) is 0. The summed E-state index contributed by atoms with van der Waals surface area (Å²) in [5.74, 6) is 1.28. The summed E-state index contributed by atoms with van der Waals surface area (Å²) in [7, 11) is 1.71. The fourth-order valence-corrected chi connectivity index (χ4v) is 4.39. The van der Waals surface area contributed by atoms with Crippen LogP contribution in [0.5, 0.6) is 5.75 Å². The van der Waals surface area contributed by atoms with Gasteiger partial charge in [0.1, 0.15) is 5.75 Å². The molecule has 27 heavy (non-hydrogen) atoms. The second-order valence-corrected chi connectivity index (χ2v) is 7.19. The summed E-state index contributed by atoms with van der Waals surface area (Å²) in [6.45, 7) is 0. The normalized spacial score (nSPS) is 20.6. The lowest BCUT2D eigenvalue weighted by molar-refractivity contribution is 0.414. The zero-order valence-electron chi connectivity index (χ0n) is 15.4. The summed E-state index contributed by atoms with van der Waals surface area (Å²) in [5.41, 5.74) is 6.36. The molecule has 1 aliphatic carbocycles. The van der Waals surface area contributed by atoms with Gasteiger partial charge in [0.25, 0.3) is 0 Å². The highest BCUT2D eigenvalue weighted by Crippen LogP contribution is 2.45. The quantitative estimate of drug-likeness (QED) is 0.644. The number of ether oxygens (including phenoxy) is 1. The van der Waals surface area contributed by atoms with Gasteiger partial charge in [-0.2, -0.15) is 5.10 Å². The average Bonchev–Trinajstić information content (AvgIpc) is 3.14. The van der Waals surface area contributed by atoms with Crippen LogP contribution in [0.25, 0.3) is 0 Å². The van der Waals surface area contributed by atoms with Gasteiger partial charge in [-0.15, -0.1) is 0 Å². The number of fused-ring (bicyclic) bond motifs is 3. The molecule has 0 radical (unpaired) electrons. The third-order valence-electron chi connectivity index (χ3n) is 5.71. The van der Waals surface area contributed by atoms with Crippen molar-refractivity contribution in [2.45, 2.75) is 18.9 Å². The first-order valence-corrected chi connectivity index (χ1v) is 9.50. The first-order chi connectivity index (χ1) is 13.3. The minimum atomic E-state index is 0.210. The van der Waals surface area contributed by atoms with Crippen molar-refractivity contribution in [1.29, 1.82) is 0 Å². The molecule has 3 aromatic carbocycles. The number of rotatable bonds is 3. The van der Waals surface area contributed by atoms with Crippen molar-refractivity contribution in [3.05, 3.63) is 95.6 Å². The lowest BCUT2D eigenvalue weighted by atomic mass is 9.77. The smallest absolute Gasteiger partial charge is 0.118 e. The van der Waals surface area contributed by atoms with Gasteiger partial charge in [-0.3, -0.25) is 5.01 Å². The van der Waals surface area contributed by atoms with E-state index in [0.717, 1.165) is 24.3 Å². The van der Waals surface area contributed by atoms with E-state index in [1.807, 2.05) is 12.1 Å². The predicted octanol–water partition coefficient (Wildman–Crippen LogP) is 5.22. The lowest BCUT2D eigenvalue weighted by Crippen LogP contribution is -2.28. The molecule has 1 heterocycles. The number of benzene rings is 3. The van der Waals surface area contributed by atoms with Crippen LogP contribution in [0.15, 0.2) is 84.0 Å². The van der Waals surface area contributed by atoms with Crippen molar-refractivity contribution in [3.8, 4) is 5.75 Å². The molecule has 3 aromatic rings. The van der Waals surface area contributed by atoms with Crippen molar-refractivity contribution in [2.24, 2.45) is 11.0 Å². The summed E-state index contributed by atoms with van der Waals surface area (Å²) >= 11 is 0. The van der Waals surface area contributed by atoms with Gasteiger partial charge >= 0.3 is 0 Å². The highest BCUT2D eigenvalue weighted by molar-refractivity contribution is 6.07. The fourth-order valence-electron chi connectivity index (χ4n) is 4.39. The molecule has 0 aromatic heterocycles. The summed E-state index contributed by atoms with van der Waals surface area (Å²) in [6.07, 6.45) is 2.23. The molecule has 3 heteroatoms. The van der Waals surface area contributed by atoms with Crippen molar-refractivity contribution in [3.63, 3.8) is 0 Å². The highest BCUT2D eigenvalue weighted by atomic mass is 16.5. The third kappa shape index (κ3) is 2.71. The molecule has 0 amide bonds. The van der Waals surface area contributed by atoms with Crippen molar-refractivity contribution in [1.82, 2.24) is 0 Å². The van der Waals surface area contributed by atoms with Crippen molar-refractivity contribution >= 4 is 11.4 Å². The summed E-state index contributed by atoms with van der Waals surface area (Å²) in [6, 6.07) is 27.9. The van der Waals surface area contributed by atoms with Gasteiger partial charge in [0.15, 0.2) is 0 Å². The van der Waals surface area contributed by atoms with Crippen LogP contribution in [0.4, 0.5) is 5.69 Å². The molecule has 0 saturated heterocycles. The van der Waals surface area contributed by atoms with E-state index in [1.54, 1.807) is 7.11 Å². The van der Waals surface area contributed by atoms with Crippen LogP contribution in [0, 0.1) is 5.92 Å². The SMILES string of the molecule is COc1ccc(C2C3CCc4ccccc4C3=NN2c2ccccc2)cc1. The Morgan fingerprint density at radius 2 is 1.63 bits per heavy atom. The molecule has 0 N–H and O–H groups in total. The van der Waals surface area contributed by atoms with E-state index in [9.17, 15) is 0 Å². The number of nitrogens with zero attached hydrogens (tertiary/aromatic N) is 2. The van der Waals surface area contributed by atoms with Crippen molar-refractivity contribution in [2.75, 3.05) is 12.1 Å². The largest absolute Gasteiger partial charge is 0.497 e. The molecule has 0 spiro atoms. The Kier molecular flexibility index (Phi) is 3.93. The minimum Gasteiger partial charge on any atom is -0.497 e. The number of hydrazone groups is 1. The van der Waals surface area contributed by atoms with Crippen LogP contribution < -0.4 is 9.75 Å². The van der Waals surface area contributed by atoms with Gasteiger partial charge in [0.05, 0.1) is 24.6 Å². The van der Waals surface area contributed by atoms with Crippen LogP contribution in [0.3, 0.4) is 0 Å². The van der Waals surface area contributed by atoms with Gasteiger partial charge < -0.3 is 4.74 Å². The van der Waals surface area contributed by atoms with E-state index in [4.69, 9.17) is 9.84 Å². The average molecular weight is 354 g/mol. The van der Waals surface area contributed by atoms with Gasteiger partial charge in [-0.1, -0.05) is 54.6 Å². The standard InChI is InChI=1S/C24H22N2O/c1-27-20-14-11-18(12-15-20)24-22-16-13-17-7-5-6-10-21(17)23(22)25-26(24)19-8-3-2-4-9-19/h2-12,14-15,22,24H,13,16H2,1H3. The summed E-state index contributed by atoms with van der Waals surface area (Å²) < 4.78 is 5.35. The maximum atomic E-state index is 5.35. The number of aryl methyl sites for hydroxylation is 1. The molecule has 3 nitrogen and oxygen atoms in total. The molecule has 134 valence electrons. The van der Waals surface area contributed by atoms with E-state index in [-0.39, 0.29) is 6.04 Å². The van der Waals surface area contributed by atoms with Crippen LogP contribution in [0.2, 0.25) is 0 Å². The third-order valence-corrected chi connectivity index (χ3v) is 5.71. The molecule has 2 unspecified atom stereocenters. The monoisotopic (exact) mass is 354 g/mol. The number of hydrogen-bond acceptors (Lipinski definition) is 3. The second kappa shape index (κ2) is 6.58. The van der Waals surface area contributed by atoms with E-state index in [1.165, 1.54) is 22.4 Å². The van der Waals surface area contributed by atoms with Gasteiger partial charge in [0, 0.05) is 11.5 Å². The molecule has 0 bridgehead atoms. The number of hydrogen-bond donors (Lipinski definition) is 0. The van der Waals surface area contributed by atoms with E-state index < -0.39 is 0 Å². The Labute approximate surface area is 159 Å². The number of anilines is 1. The molecule has 0 fully saturated rings. The minimum absolute atomic E-state index is 0.210. The van der Waals surface area contributed by atoms with E-state index in [2.05, 4.69) is 71.7 Å². The molecule has 2 atom stereocenters. The predicted molar refractivity (Wildman–Crippen MR) is 109 cm³/mol. The maximum Gasteiger partial charge on any atom is 0.118 e. The number of methoxy groups -OCH3 is 1. The Balaban J connectivity index is 1.62. The Morgan fingerprint density at radius 1 is 0.889 bits per heavy atom. The summed E-state index contributed by atoms with van der Waals surface area (Å²) in [5, 5.41) is 7.35. The zero-order chi connectivity index (χ0) is 18.2. The van der Waals surface area contributed by atoms with Crippen LogP contribution >= 0.6 is 0 Å². The number of para-hydroxylation sites is 1. The van der Waals surface area contributed by atoms with E-state index in [0.29, 0.717) is 5.92 Å². The van der Waals surface area contributed by atoms with Crippen LogP contribution in [-0.4, -0.2) is 12.8 Å². The first kappa shape index (κ1) is 16.1. The van der Waals surface area contributed by atoms with Gasteiger partial charge in [0.2, 0.25) is 0 Å². The highest BCUT2D eigenvalue weighted by Gasteiger charge is 2.41. The Bertz CT molecular complexity index is 979. The van der Waals surface area contributed by atoms with E-state index >= 15 is 0 Å². The Hall–Kier alpha value is -3.07. The second-order valence-electron chi connectivity index (χ2n) is 7.19. The maximum absolute atomic E-state index is 5.35. The van der Waals surface area contributed by atoms with Crippen molar-refractivity contribution < 1.29 is 4.74 Å². The van der Waals surface area contributed by atoms with Gasteiger partial charge in [-0.05, 0) is 48.2 Å². The molecule has 2 aliphatic rings. The molecule has 0 saturated carbocycles. The van der Waals surface area contributed by atoms with Gasteiger partial charge in [-0.25, -0.2) is 0 Å².